The Hall–Kier alpha value is -4.52. The molecule has 0 bridgehead atoms. The first-order valence-corrected chi connectivity index (χ1v) is 14.5. The molecule has 2 amide bonds. The number of piperidine rings is 1. The summed E-state index contributed by atoms with van der Waals surface area (Å²) in [5.74, 6) is 0.435. The van der Waals surface area contributed by atoms with E-state index in [-0.39, 0.29) is 23.2 Å². The lowest BCUT2D eigenvalue weighted by atomic mass is 9.74. The maximum atomic E-state index is 13.7. The van der Waals surface area contributed by atoms with Crippen LogP contribution < -0.4 is 11.1 Å². The molecule has 2 aliphatic rings. The number of fused-ring (bicyclic) bond motifs is 1. The molecule has 1 atom stereocenters. The molecule has 230 valence electrons. The van der Waals surface area contributed by atoms with E-state index in [1.54, 1.807) is 30.5 Å². The number of carbonyl (C=O) groups excluding carboxylic acids is 2. The van der Waals surface area contributed by atoms with Crippen LogP contribution in [0.15, 0.2) is 55.0 Å². The first kappa shape index (κ1) is 29.5. The molecule has 2 fully saturated rings. The zero-order valence-electron chi connectivity index (χ0n) is 24.4. The van der Waals surface area contributed by atoms with Crippen LogP contribution in [-0.2, 0) is 11.0 Å². The van der Waals surface area contributed by atoms with Gasteiger partial charge in [-0.25, -0.2) is 15.0 Å². The number of nitrogens with zero attached hydrogens (tertiary/aromatic N) is 6. The second-order valence-electron chi connectivity index (χ2n) is 11.7. The smallest absolute Gasteiger partial charge is 0.382 e. The lowest BCUT2D eigenvalue weighted by Gasteiger charge is -2.49. The van der Waals surface area contributed by atoms with Crippen molar-refractivity contribution in [3.63, 3.8) is 0 Å². The van der Waals surface area contributed by atoms with E-state index in [4.69, 9.17) is 10.7 Å². The van der Waals surface area contributed by atoms with Gasteiger partial charge in [-0.2, -0.15) is 13.2 Å². The van der Waals surface area contributed by atoms with E-state index in [0.29, 0.717) is 35.7 Å². The number of anilines is 2. The summed E-state index contributed by atoms with van der Waals surface area (Å²) in [4.78, 5) is 43.6. The molecule has 0 spiro atoms. The molecule has 1 aliphatic heterocycles. The van der Waals surface area contributed by atoms with Crippen molar-refractivity contribution in [1.29, 1.82) is 0 Å². The summed E-state index contributed by atoms with van der Waals surface area (Å²) in [5.41, 5.74) is 7.14. The summed E-state index contributed by atoms with van der Waals surface area (Å²) in [6.07, 6.45) is 4.37. The highest BCUT2D eigenvalue weighted by atomic mass is 19.4. The highest BCUT2D eigenvalue weighted by Gasteiger charge is 2.49. The highest BCUT2D eigenvalue weighted by Crippen LogP contribution is 2.40. The molecule has 1 aromatic carbocycles. The molecule has 13 heteroatoms. The Bertz CT molecular complexity index is 1710. The first-order chi connectivity index (χ1) is 21.0. The molecule has 4 heterocycles. The zero-order chi connectivity index (χ0) is 31.2. The van der Waals surface area contributed by atoms with Gasteiger partial charge in [-0.15, -0.1) is 0 Å². The summed E-state index contributed by atoms with van der Waals surface area (Å²) in [5, 5.41) is 2.42. The molecule has 6 rings (SSSR count). The fourth-order valence-corrected chi connectivity index (χ4v) is 6.25. The predicted octanol–water partition coefficient (Wildman–Crippen LogP) is 4.83. The van der Waals surface area contributed by atoms with Crippen molar-refractivity contribution in [3.05, 3.63) is 71.9 Å². The summed E-state index contributed by atoms with van der Waals surface area (Å²) in [7, 11) is 3.94. The van der Waals surface area contributed by atoms with Gasteiger partial charge in [-0.3, -0.25) is 18.9 Å². The minimum absolute atomic E-state index is 0.0138. The fourth-order valence-electron chi connectivity index (χ4n) is 6.25. The molecule has 10 nitrogen and oxygen atoms in total. The van der Waals surface area contributed by atoms with Gasteiger partial charge in [-0.1, -0.05) is 12.1 Å². The second kappa shape index (κ2) is 11.2. The Kier molecular flexibility index (Phi) is 7.52. The monoisotopic (exact) mass is 606 g/mol. The van der Waals surface area contributed by atoms with Gasteiger partial charge in [0.25, 0.3) is 5.91 Å². The van der Waals surface area contributed by atoms with Gasteiger partial charge in [-0.05, 0) is 70.5 Å². The number of likely N-dealkylation sites (N-methyl/N-ethyl adjacent to an activating group) is 1. The van der Waals surface area contributed by atoms with E-state index in [0.717, 1.165) is 56.3 Å². The van der Waals surface area contributed by atoms with Gasteiger partial charge in [0, 0.05) is 48.7 Å². The summed E-state index contributed by atoms with van der Waals surface area (Å²) in [6, 6.07) is 8.17. The third-order valence-electron chi connectivity index (χ3n) is 8.87. The average Bonchev–Trinajstić information content (AvgIpc) is 3.37. The number of carbonyl (C=O) groups is 2. The molecule has 44 heavy (non-hydrogen) atoms. The average molecular weight is 607 g/mol. The van der Waals surface area contributed by atoms with Crippen molar-refractivity contribution < 1.29 is 22.8 Å². The number of benzene rings is 1. The van der Waals surface area contributed by atoms with Crippen LogP contribution in [0.25, 0.3) is 16.8 Å². The minimum atomic E-state index is -4.55. The Morgan fingerprint density at radius 3 is 2.48 bits per heavy atom. The van der Waals surface area contributed by atoms with E-state index in [9.17, 15) is 22.8 Å². The fraction of sp³-hybridized carbons (Fsp3) is 0.387. The lowest BCUT2D eigenvalue weighted by molar-refractivity contribution is -0.150. The molecule has 3 aromatic heterocycles. The first-order valence-electron chi connectivity index (χ1n) is 14.5. The van der Waals surface area contributed by atoms with Crippen LogP contribution in [0, 0.1) is 0 Å². The molecule has 4 aromatic rings. The zero-order valence-corrected chi connectivity index (χ0v) is 24.4. The number of likely N-dealkylation sites (tertiary alicyclic amines) is 1. The molecular weight excluding hydrogens is 573 g/mol. The van der Waals surface area contributed by atoms with E-state index < -0.39 is 23.2 Å². The molecule has 0 unspecified atom stereocenters. The normalized spacial score (nSPS) is 18.3. The number of halogens is 3. The maximum absolute atomic E-state index is 13.7. The van der Waals surface area contributed by atoms with Crippen LogP contribution >= 0.6 is 0 Å². The van der Waals surface area contributed by atoms with E-state index in [1.807, 2.05) is 29.6 Å². The Labute approximate surface area is 252 Å². The van der Waals surface area contributed by atoms with E-state index >= 15 is 0 Å². The van der Waals surface area contributed by atoms with E-state index in [2.05, 4.69) is 20.2 Å². The van der Waals surface area contributed by atoms with Crippen LogP contribution in [0.3, 0.4) is 0 Å². The number of nitrogens with one attached hydrogen (secondary N) is 1. The van der Waals surface area contributed by atoms with Gasteiger partial charge in [0.2, 0.25) is 5.91 Å². The van der Waals surface area contributed by atoms with Crippen molar-refractivity contribution in [1.82, 2.24) is 29.2 Å². The van der Waals surface area contributed by atoms with Gasteiger partial charge >= 0.3 is 6.18 Å². The van der Waals surface area contributed by atoms with Gasteiger partial charge in [0.1, 0.15) is 34.2 Å². The topological polar surface area (TPSA) is 122 Å². The number of hydrogen-bond donors (Lipinski definition) is 2. The van der Waals surface area contributed by atoms with Crippen LogP contribution in [0.1, 0.15) is 59.8 Å². The lowest BCUT2D eigenvalue weighted by Crippen LogP contribution is -2.62. The van der Waals surface area contributed by atoms with Crippen molar-refractivity contribution in [2.45, 2.75) is 49.7 Å². The van der Waals surface area contributed by atoms with Crippen molar-refractivity contribution in [2.75, 3.05) is 38.2 Å². The molecule has 1 aliphatic carbocycles. The highest BCUT2D eigenvalue weighted by molar-refractivity contribution is 6.04. The number of imidazole rings is 1. The summed E-state index contributed by atoms with van der Waals surface area (Å²) >= 11 is 0. The maximum Gasteiger partial charge on any atom is 0.416 e. The number of nitrogen functional groups attached to an aromatic ring is 1. The third-order valence-corrected chi connectivity index (χ3v) is 8.87. The van der Waals surface area contributed by atoms with Crippen LogP contribution in [0.5, 0.6) is 0 Å². The molecule has 1 saturated carbocycles. The standard InChI is InChI=1S/C31H33F3N8O2/c1-40(2)30(11-4-12-30)29(44)41-15-3-5-21(18-41)27-39-24(25-26(35)37-14-16-42(25)27)19-6-8-20(9-7-19)28(43)38-23-17-22(10-13-36-23)31(32,33)34/h6-10,13-14,16-17,21H,3-5,11-12,15,18H2,1-2H3,(H2,35,37)(H,36,38,43)/t21-/m1/s1. The largest absolute Gasteiger partial charge is 0.416 e. The minimum Gasteiger partial charge on any atom is -0.382 e. The van der Waals surface area contributed by atoms with Crippen LogP contribution in [0.2, 0.25) is 0 Å². The van der Waals surface area contributed by atoms with Gasteiger partial charge in [0.05, 0.1) is 5.56 Å². The Balaban J connectivity index is 1.26. The number of amides is 2. The summed E-state index contributed by atoms with van der Waals surface area (Å²) in [6.45, 7) is 1.27. The number of pyridine rings is 1. The number of aromatic nitrogens is 4. The number of alkyl halides is 3. The second-order valence-corrected chi connectivity index (χ2v) is 11.7. The Morgan fingerprint density at radius 1 is 1.07 bits per heavy atom. The number of nitrogens with two attached hydrogens (primary N) is 1. The quantitative estimate of drug-likeness (QED) is 0.322. The van der Waals surface area contributed by atoms with Crippen molar-refractivity contribution >= 4 is 29.0 Å². The predicted molar refractivity (Wildman–Crippen MR) is 159 cm³/mol. The van der Waals surface area contributed by atoms with Crippen LogP contribution in [-0.4, -0.2) is 73.7 Å². The summed E-state index contributed by atoms with van der Waals surface area (Å²) < 4.78 is 41.1. The molecule has 0 radical (unpaired) electrons. The van der Waals surface area contributed by atoms with Gasteiger partial charge < -0.3 is 16.0 Å². The number of hydrogen-bond acceptors (Lipinski definition) is 7. The Morgan fingerprint density at radius 2 is 1.82 bits per heavy atom. The molecule has 1 saturated heterocycles. The van der Waals surface area contributed by atoms with Gasteiger partial charge in [0.15, 0.2) is 0 Å². The SMILES string of the molecule is CN(C)C1(C(=O)N2CCC[C@@H](c3nc(-c4ccc(C(=O)Nc5cc(C(F)(F)F)ccn5)cc4)c4c(N)nccn34)C2)CCC1. The van der Waals surface area contributed by atoms with Crippen molar-refractivity contribution in [3.8, 4) is 11.3 Å². The number of rotatable bonds is 6. The van der Waals surface area contributed by atoms with Crippen LogP contribution in [0.4, 0.5) is 24.8 Å². The van der Waals surface area contributed by atoms with Crippen molar-refractivity contribution in [2.24, 2.45) is 0 Å². The van der Waals surface area contributed by atoms with E-state index in [1.165, 1.54) is 0 Å². The third kappa shape index (κ3) is 5.25. The molecular formula is C31H33F3N8O2. The molecule has 3 N–H and O–H groups in total.